The van der Waals surface area contributed by atoms with Crippen LogP contribution in [0.3, 0.4) is 0 Å². The molecule has 0 radical (unpaired) electrons. The number of benzene rings is 4. The van der Waals surface area contributed by atoms with Crippen molar-refractivity contribution in [3.05, 3.63) is 119 Å². The molecule has 6 heteroatoms. The number of nitriles is 1. The van der Waals surface area contributed by atoms with Crippen LogP contribution < -0.4 is 4.74 Å². The lowest BCUT2D eigenvalue weighted by molar-refractivity contribution is 0.0474. The first kappa shape index (κ1) is 23.8. The topological polar surface area (TPSA) is 77.1 Å². The van der Waals surface area contributed by atoms with Gasteiger partial charge in [0.05, 0.1) is 41.4 Å². The number of nitrogens with zero attached hydrogens (tertiary/aromatic N) is 3. The molecular formula is C31H25N3O3. The fourth-order valence-corrected chi connectivity index (χ4v) is 4.32. The number of ether oxygens (including phenoxy) is 2. The minimum absolute atomic E-state index is 0.189. The van der Waals surface area contributed by atoms with Crippen LogP contribution in [0, 0.1) is 11.3 Å². The van der Waals surface area contributed by atoms with E-state index in [-0.39, 0.29) is 6.61 Å². The first-order valence-corrected chi connectivity index (χ1v) is 12.1. The van der Waals surface area contributed by atoms with Crippen molar-refractivity contribution < 1.29 is 14.3 Å². The molecule has 0 saturated carbocycles. The van der Waals surface area contributed by atoms with Gasteiger partial charge >= 0.3 is 5.97 Å². The molecule has 0 amide bonds. The van der Waals surface area contributed by atoms with E-state index in [0.717, 1.165) is 22.3 Å². The van der Waals surface area contributed by atoms with Gasteiger partial charge in [0.15, 0.2) is 0 Å². The van der Waals surface area contributed by atoms with Crippen LogP contribution in [-0.2, 0) is 17.9 Å². The SMILES string of the molecule is CCOc1nc2cccc(C(=O)OCc3ccccc3)c2n1Cc1ccc(-c2ccccc2C#N)cc1. The number of aromatic nitrogens is 2. The predicted molar refractivity (Wildman–Crippen MR) is 142 cm³/mol. The van der Waals surface area contributed by atoms with Gasteiger partial charge in [-0.3, -0.25) is 4.57 Å². The Morgan fingerprint density at radius 1 is 0.892 bits per heavy atom. The number of hydrogen-bond donors (Lipinski definition) is 0. The number of carbonyl (C=O) groups is 1. The van der Waals surface area contributed by atoms with E-state index in [9.17, 15) is 10.1 Å². The van der Waals surface area contributed by atoms with E-state index in [1.165, 1.54) is 0 Å². The lowest BCUT2D eigenvalue weighted by Gasteiger charge is -2.12. The zero-order valence-corrected chi connectivity index (χ0v) is 20.4. The van der Waals surface area contributed by atoms with Gasteiger partial charge in [-0.15, -0.1) is 0 Å². The van der Waals surface area contributed by atoms with Crippen molar-refractivity contribution in [2.24, 2.45) is 0 Å². The Morgan fingerprint density at radius 3 is 2.41 bits per heavy atom. The van der Waals surface area contributed by atoms with Crippen LogP contribution in [0.4, 0.5) is 0 Å². The largest absolute Gasteiger partial charge is 0.465 e. The third-order valence-electron chi connectivity index (χ3n) is 6.09. The van der Waals surface area contributed by atoms with E-state index < -0.39 is 5.97 Å². The predicted octanol–water partition coefficient (Wildman–Crippen LogP) is 6.38. The average Bonchev–Trinajstić information content (AvgIpc) is 3.29. The summed E-state index contributed by atoms with van der Waals surface area (Å²) in [6, 6.07) is 33.3. The number of para-hydroxylation sites is 1. The number of rotatable bonds is 8. The van der Waals surface area contributed by atoms with Gasteiger partial charge in [0.25, 0.3) is 6.01 Å². The summed E-state index contributed by atoms with van der Waals surface area (Å²) < 4.78 is 13.4. The average molecular weight is 488 g/mol. The van der Waals surface area contributed by atoms with Gasteiger partial charge in [0.2, 0.25) is 0 Å². The summed E-state index contributed by atoms with van der Waals surface area (Å²) in [7, 11) is 0. The molecule has 0 bridgehead atoms. The summed E-state index contributed by atoms with van der Waals surface area (Å²) in [4.78, 5) is 17.8. The van der Waals surface area contributed by atoms with Crippen molar-refractivity contribution in [3.8, 4) is 23.2 Å². The highest BCUT2D eigenvalue weighted by molar-refractivity contribution is 6.02. The molecule has 0 saturated heterocycles. The van der Waals surface area contributed by atoms with Crippen LogP contribution >= 0.6 is 0 Å². The third kappa shape index (κ3) is 5.07. The van der Waals surface area contributed by atoms with E-state index in [2.05, 4.69) is 11.1 Å². The maximum absolute atomic E-state index is 13.1. The van der Waals surface area contributed by atoms with Gasteiger partial charge in [-0.05, 0) is 47.4 Å². The van der Waals surface area contributed by atoms with E-state index in [0.29, 0.717) is 41.3 Å². The molecule has 0 spiro atoms. The molecule has 182 valence electrons. The van der Waals surface area contributed by atoms with Crippen LogP contribution in [0.25, 0.3) is 22.2 Å². The van der Waals surface area contributed by atoms with Gasteiger partial charge in [-0.25, -0.2) is 4.79 Å². The van der Waals surface area contributed by atoms with Crippen molar-refractivity contribution in [2.75, 3.05) is 6.61 Å². The van der Waals surface area contributed by atoms with Gasteiger partial charge in [0.1, 0.15) is 6.61 Å². The summed E-state index contributed by atoms with van der Waals surface area (Å²) in [5, 5.41) is 9.45. The smallest absolute Gasteiger partial charge is 0.340 e. The molecule has 1 heterocycles. The maximum Gasteiger partial charge on any atom is 0.340 e. The zero-order chi connectivity index (χ0) is 25.6. The van der Waals surface area contributed by atoms with Crippen LogP contribution in [0.5, 0.6) is 6.01 Å². The molecule has 0 unspecified atom stereocenters. The van der Waals surface area contributed by atoms with Gasteiger partial charge < -0.3 is 9.47 Å². The van der Waals surface area contributed by atoms with Crippen LogP contribution in [0.15, 0.2) is 97.1 Å². The third-order valence-corrected chi connectivity index (χ3v) is 6.09. The van der Waals surface area contributed by atoms with Crippen molar-refractivity contribution in [1.29, 1.82) is 5.26 Å². The Labute approximate surface area is 215 Å². The van der Waals surface area contributed by atoms with Crippen molar-refractivity contribution >= 4 is 17.0 Å². The standard InChI is InChI=1S/C31H25N3O3/c1-2-36-31-33-28-14-8-13-27(30(35)37-21-23-9-4-3-5-10-23)29(28)34(31)20-22-15-17-24(18-16-22)26-12-7-6-11-25(26)19-32/h3-18H,2,20-21H2,1H3. The number of fused-ring (bicyclic) bond motifs is 1. The van der Waals surface area contributed by atoms with Crippen molar-refractivity contribution in [1.82, 2.24) is 9.55 Å². The number of hydrogen-bond acceptors (Lipinski definition) is 5. The molecule has 5 rings (SSSR count). The number of esters is 1. The summed E-state index contributed by atoms with van der Waals surface area (Å²) in [5.74, 6) is -0.415. The maximum atomic E-state index is 13.1. The Bertz CT molecular complexity index is 1580. The molecule has 0 N–H and O–H groups in total. The molecular weight excluding hydrogens is 462 g/mol. The molecule has 0 aliphatic rings. The quantitative estimate of drug-likeness (QED) is 0.237. The second-order valence-electron chi connectivity index (χ2n) is 8.50. The van der Waals surface area contributed by atoms with E-state index in [1.54, 1.807) is 12.1 Å². The lowest BCUT2D eigenvalue weighted by Crippen LogP contribution is -2.10. The highest BCUT2D eigenvalue weighted by Crippen LogP contribution is 2.28. The Balaban J connectivity index is 1.47. The minimum atomic E-state index is -0.415. The molecule has 0 aliphatic carbocycles. The van der Waals surface area contributed by atoms with E-state index in [1.807, 2.05) is 96.4 Å². The Hall–Kier alpha value is -4.89. The molecule has 0 atom stereocenters. The summed E-state index contributed by atoms with van der Waals surface area (Å²) in [5.41, 5.74) is 6.19. The fourth-order valence-electron chi connectivity index (χ4n) is 4.32. The zero-order valence-electron chi connectivity index (χ0n) is 20.4. The van der Waals surface area contributed by atoms with Crippen LogP contribution in [0.1, 0.15) is 34.0 Å². The van der Waals surface area contributed by atoms with E-state index in [4.69, 9.17) is 9.47 Å². The molecule has 0 aliphatic heterocycles. The van der Waals surface area contributed by atoms with Crippen LogP contribution in [-0.4, -0.2) is 22.1 Å². The summed E-state index contributed by atoms with van der Waals surface area (Å²) >= 11 is 0. The van der Waals surface area contributed by atoms with Gasteiger partial charge in [-0.2, -0.15) is 10.2 Å². The molecule has 0 fully saturated rings. The molecule has 4 aromatic carbocycles. The van der Waals surface area contributed by atoms with Crippen molar-refractivity contribution in [2.45, 2.75) is 20.1 Å². The fraction of sp³-hybridized carbons (Fsp3) is 0.129. The highest BCUT2D eigenvalue weighted by Gasteiger charge is 2.20. The first-order valence-electron chi connectivity index (χ1n) is 12.1. The normalized spacial score (nSPS) is 10.7. The van der Waals surface area contributed by atoms with Crippen molar-refractivity contribution in [3.63, 3.8) is 0 Å². The number of imidazole rings is 1. The van der Waals surface area contributed by atoms with Gasteiger partial charge in [-0.1, -0.05) is 78.9 Å². The molecule has 37 heavy (non-hydrogen) atoms. The number of carbonyl (C=O) groups excluding carboxylic acids is 1. The highest BCUT2D eigenvalue weighted by atomic mass is 16.5. The lowest BCUT2D eigenvalue weighted by atomic mass is 9.99. The molecule has 6 nitrogen and oxygen atoms in total. The second-order valence-corrected chi connectivity index (χ2v) is 8.50. The Kier molecular flexibility index (Phi) is 6.95. The second kappa shape index (κ2) is 10.8. The summed E-state index contributed by atoms with van der Waals surface area (Å²) in [6.07, 6.45) is 0. The minimum Gasteiger partial charge on any atom is -0.465 e. The molecule has 1 aromatic heterocycles. The monoisotopic (exact) mass is 487 g/mol. The first-order chi connectivity index (χ1) is 18.2. The summed E-state index contributed by atoms with van der Waals surface area (Å²) in [6.45, 7) is 2.99. The van der Waals surface area contributed by atoms with Gasteiger partial charge in [0, 0.05) is 0 Å². The molecule has 5 aromatic rings. The Morgan fingerprint density at radius 2 is 1.65 bits per heavy atom. The van der Waals surface area contributed by atoms with E-state index >= 15 is 0 Å². The van der Waals surface area contributed by atoms with Crippen LogP contribution in [0.2, 0.25) is 0 Å².